The van der Waals surface area contributed by atoms with E-state index in [-0.39, 0.29) is 18.4 Å². The highest BCUT2D eigenvalue weighted by molar-refractivity contribution is 5.91. The highest BCUT2D eigenvalue weighted by Gasteiger charge is 2.16. The molecule has 7 nitrogen and oxygen atoms in total. The van der Waals surface area contributed by atoms with Crippen molar-refractivity contribution >= 4 is 11.8 Å². The van der Waals surface area contributed by atoms with Gasteiger partial charge in [0, 0.05) is 32.1 Å². The van der Waals surface area contributed by atoms with E-state index in [9.17, 15) is 9.59 Å². The summed E-state index contributed by atoms with van der Waals surface area (Å²) in [4.78, 5) is 26.0. The lowest BCUT2D eigenvalue weighted by Crippen LogP contribution is -2.34. The molecular weight excluding hydrogens is 346 g/mol. The van der Waals surface area contributed by atoms with E-state index in [1.165, 1.54) is 7.11 Å². The summed E-state index contributed by atoms with van der Waals surface area (Å²) in [6.07, 6.45) is 3.70. The van der Waals surface area contributed by atoms with Gasteiger partial charge in [0.25, 0.3) is 5.91 Å². The molecule has 0 aliphatic rings. The molecule has 2 amide bonds. The quantitative estimate of drug-likeness (QED) is 0.655. The van der Waals surface area contributed by atoms with Crippen molar-refractivity contribution in [2.75, 3.05) is 26.8 Å². The first-order valence-electron chi connectivity index (χ1n) is 9.36. The van der Waals surface area contributed by atoms with Gasteiger partial charge in [-0.05, 0) is 37.1 Å². The molecule has 0 saturated heterocycles. The van der Waals surface area contributed by atoms with Crippen LogP contribution >= 0.6 is 0 Å². The van der Waals surface area contributed by atoms with Crippen LogP contribution < -0.4 is 5.32 Å². The second-order valence-corrected chi connectivity index (χ2v) is 6.40. The van der Waals surface area contributed by atoms with E-state index < -0.39 is 0 Å². The fourth-order valence-electron chi connectivity index (χ4n) is 2.80. The molecule has 0 atom stereocenters. The molecule has 0 radical (unpaired) electrons. The molecule has 0 aliphatic heterocycles. The van der Waals surface area contributed by atoms with Crippen molar-refractivity contribution in [1.29, 1.82) is 0 Å². The Labute approximate surface area is 160 Å². The number of carbonyl (C=O) groups is 2. The van der Waals surface area contributed by atoms with Crippen LogP contribution in [0, 0.1) is 0 Å². The van der Waals surface area contributed by atoms with Crippen molar-refractivity contribution in [1.82, 2.24) is 14.8 Å². The van der Waals surface area contributed by atoms with Crippen LogP contribution in [0.1, 0.15) is 48.7 Å². The maximum absolute atomic E-state index is 12.2. The Balaban J connectivity index is 2.05. The zero-order valence-electron chi connectivity index (χ0n) is 16.4. The van der Waals surface area contributed by atoms with Crippen LogP contribution in [0.3, 0.4) is 0 Å². The summed E-state index contributed by atoms with van der Waals surface area (Å²) >= 11 is 0. The first-order valence-corrected chi connectivity index (χ1v) is 9.36. The predicted molar refractivity (Wildman–Crippen MR) is 102 cm³/mol. The number of nitrogens with one attached hydrogen (secondary N) is 1. The van der Waals surface area contributed by atoms with Crippen LogP contribution in [-0.4, -0.2) is 48.1 Å². The summed E-state index contributed by atoms with van der Waals surface area (Å²) in [6.45, 7) is 6.43. The maximum atomic E-state index is 12.2. The lowest BCUT2D eigenvalue weighted by molar-refractivity contribution is -0.135. The van der Waals surface area contributed by atoms with Gasteiger partial charge in [0.2, 0.25) is 5.91 Å². The Hall–Kier alpha value is -2.54. The van der Waals surface area contributed by atoms with Crippen molar-refractivity contribution in [3.63, 3.8) is 0 Å². The molecule has 0 spiro atoms. The average Bonchev–Trinajstić information content (AvgIpc) is 3.29. The summed E-state index contributed by atoms with van der Waals surface area (Å²) in [6, 6.07) is 7.43. The van der Waals surface area contributed by atoms with Gasteiger partial charge in [0.15, 0.2) is 5.76 Å². The molecule has 2 heterocycles. The SMILES string of the molecule is CCCNC(=O)c1ccc(Cn2cccc2CN(CCC)C(=O)COC)o1. The van der Waals surface area contributed by atoms with Gasteiger partial charge >= 0.3 is 0 Å². The lowest BCUT2D eigenvalue weighted by Gasteiger charge is -2.22. The number of aromatic nitrogens is 1. The van der Waals surface area contributed by atoms with Crippen LogP contribution in [0.4, 0.5) is 0 Å². The Bertz CT molecular complexity index is 735. The highest BCUT2D eigenvalue weighted by atomic mass is 16.5. The molecule has 0 aromatic carbocycles. The highest BCUT2D eigenvalue weighted by Crippen LogP contribution is 2.14. The topological polar surface area (TPSA) is 76.7 Å². The average molecular weight is 375 g/mol. The number of nitrogens with zero attached hydrogens (tertiary/aromatic N) is 2. The van der Waals surface area contributed by atoms with Gasteiger partial charge in [-0.3, -0.25) is 9.59 Å². The zero-order chi connectivity index (χ0) is 19.6. The van der Waals surface area contributed by atoms with Gasteiger partial charge in [-0.1, -0.05) is 13.8 Å². The predicted octanol–water partition coefficient (Wildman–Crippen LogP) is 2.65. The molecule has 2 aromatic rings. The second kappa shape index (κ2) is 10.6. The molecule has 0 unspecified atom stereocenters. The number of methoxy groups -OCH3 is 1. The summed E-state index contributed by atoms with van der Waals surface area (Å²) in [5.41, 5.74) is 1.00. The summed E-state index contributed by atoms with van der Waals surface area (Å²) in [5.74, 6) is 0.782. The summed E-state index contributed by atoms with van der Waals surface area (Å²) in [5, 5.41) is 2.80. The first kappa shape index (κ1) is 20.8. The Morgan fingerprint density at radius 2 is 2.04 bits per heavy atom. The van der Waals surface area contributed by atoms with Gasteiger partial charge in [0.05, 0.1) is 13.1 Å². The number of amides is 2. The summed E-state index contributed by atoms with van der Waals surface area (Å²) < 4.78 is 12.7. The van der Waals surface area contributed by atoms with Crippen molar-refractivity contribution in [3.05, 3.63) is 47.7 Å². The Morgan fingerprint density at radius 1 is 1.22 bits per heavy atom. The number of furan rings is 1. The second-order valence-electron chi connectivity index (χ2n) is 6.40. The van der Waals surface area contributed by atoms with Crippen LogP contribution in [0.2, 0.25) is 0 Å². The molecule has 2 rings (SSSR count). The Morgan fingerprint density at radius 3 is 2.74 bits per heavy atom. The van der Waals surface area contributed by atoms with E-state index in [4.69, 9.17) is 9.15 Å². The largest absolute Gasteiger partial charge is 0.454 e. The molecule has 0 aliphatic carbocycles. The smallest absolute Gasteiger partial charge is 0.286 e. The van der Waals surface area contributed by atoms with E-state index >= 15 is 0 Å². The number of carbonyl (C=O) groups excluding carboxylic acids is 2. The minimum absolute atomic E-state index is 0.0278. The third kappa shape index (κ3) is 5.99. The third-order valence-corrected chi connectivity index (χ3v) is 4.14. The molecule has 148 valence electrons. The van der Waals surface area contributed by atoms with Crippen LogP contribution in [0.5, 0.6) is 0 Å². The van der Waals surface area contributed by atoms with E-state index in [0.29, 0.717) is 37.7 Å². The zero-order valence-corrected chi connectivity index (χ0v) is 16.4. The van der Waals surface area contributed by atoms with Crippen LogP contribution in [0.15, 0.2) is 34.9 Å². The fraction of sp³-hybridized carbons (Fsp3) is 0.500. The fourth-order valence-corrected chi connectivity index (χ4v) is 2.80. The standard InChI is InChI=1S/C20H29N3O4/c1-4-10-21-20(25)18-9-8-17(27-18)14-22-12-6-7-16(22)13-23(11-5-2)19(24)15-26-3/h6-9,12H,4-5,10-11,13-15H2,1-3H3,(H,21,25). The molecule has 7 heteroatoms. The summed E-state index contributed by atoms with van der Waals surface area (Å²) in [7, 11) is 1.52. The normalized spacial score (nSPS) is 10.8. The molecule has 0 fully saturated rings. The van der Waals surface area contributed by atoms with Gasteiger partial charge in [-0.2, -0.15) is 0 Å². The molecule has 2 aromatic heterocycles. The van der Waals surface area contributed by atoms with Crippen molar-refractivity contribution < 1.29 is 18.7 Å². The monoisotopic (exact) mass is 375 g/mol. The number of hydrogen-bond acceptors (Lipinski definition) is 4. The van der Waals surface area contributed by atoms with Crippen molar-refractivity contribution in [3.8, 4) is 0 Å². The van der Waals surface area contributed by atoms with E-state index in [1.54, 1.807) is 11.0 Å². The minimum atomic E-state index is -0.199. The molecule has 27 heavy (non-hydrogen) atoms. The van der Waals surface area contributed by atoms with Crippen LogP contribution in [-0.2, 0) is 22.6 Å². The molecule has 1 N–H and O–H groups in total. The third-order valence-electron chi connectivity index (χ3n) is 4.14. The Kier molecular flexibility index (Phi) is 8.13. The lowest BCUT2D eigenvalue weighted by atomic mass is 10.3. The van der Waals surface area contributed by atoms with E-state index in [1.807, 2.05) is 42.8 Å². The number of hydrogen-bond donors (Lipinski definition) is 1. The molecule has 0 saturated carbocycles. The van der Waals surface area contributed by atoms with Gasteiger partial charge < -0.3 is 23.9 Å². The van der Waals surface area contributed by atoms with E-state index in [2.05, 4.69) is 5.32 Å². The number of ether oxygens (including phenoxy) is 1. The van der Waals surface area contributed by atoms with Gasteiger partial charge in [-0.25, -0.2) is 0 Å². The number of rotatable bonds is 11. The molecule has 0 bridgehead atoms. The maximum Gasteiger partial charge on any atom is 0.286 e. The van der Waals surface area contributed by atoms with Gasteiger partial charge in [-0.15, -0.1) is 0 Å². The van der Waals surface area contributed by atoms with Crippen molar-refractivity contribution in [2.24, 2.45) is 0 Å². The van der Waals surface area contributed by atoms with Crippen LogP contribution in [0.25, 0.3) is 0 Å². The van der Waals surface area contributed by atoms with Crippen molar-refractivity contribution in [2.45, 2.75) is 39.8 Å². The van der Waals surface area contributed by atoms with E-state index in [0.717, 1.165) is 18.5 Å². The van der Waals surface area contributed by atoms with Gasteiger partial charge in [0.1, 0.15) is 12.4 Å². The first-order chi connectivity index (χ1) is 13.1. The molecular formula is C20H29N3O4. The minimum Gasteiger partial charge on any atom is -0.454 e.